The molecule has 0 unspecified atom stereocenters. The van der Waals surface area contributed by atoms with Crippen molar-refractivity contribution in [3.8, 4) is 17.6 Å². The number of carbonyl (C=O) groups is 1. The molecule has 1 aliphatic heterocycles. The summed E-state index contributed by atoms with van der Waals surface area (Å²) in [6.07, 6.45) is 3.22. The molecule has 0 amide bonds. The fourth-order valence-corrected chi connectivity index (χ4v) is 4.79. The SMILES string of the molecule is CCOC(=O)Cc1ccc(C#Cc2cc(C3CC3)c3c(c2)C(C)(C)CC(C)(C)O3)cc1F. The molecule has 4 heteroatoms. The van der Waals surface area contributed by atoms with Crippen molar-refractivity contribution in [1.82, 2.24) is 0 Å². The van der Waals surface area contributed by atoms with E-state index in [1.54, 1.807) is 19.1 Å². The quantitative estimate of drug-likeness (QED) is 0.434. The minimum atomic E-state index is -0.439. The van der Waals surface area contributed by atoms with Gasteiger partial charge in [0.2, 0.25) is 0 Å². The highest BCUT2D eigenvalue weighted by Crippen LogP contribution is 2.52. The highest BCUT2D eigenvalue weighted by atomic mass is 19.1. The Bertz CT molecular complexity index is 1110. The molecule has 0 spiro atoms. The zero-order valence-corrected chi connectivity index (χ0v) is 19.6. The first-order valence-electron chi connectivity index (χ1n) is 11.4. The summed E-state index contributed by atoms with van der Waals surface area (Å²) in [5.41, 5.74) is 4.08. The number of ether oxygens (including phenoxy) is 2. The van der Waals surface area contributed by atoms with Crippen molar-refractivity contribution < 1.29 is 18.7 Å². The molecule has 0 radical (unpaired) electrons. The molecule has 3 nitrogen and oxygen atoms in total. The van der Waals surface area contributed by atoms with Gasteiger partial charge < -0.3 is 9.47 Å². The second-order valence-electron chi connectivity index (χ2n) is 10.2. The van der Waals surface area contributed by atoms with Crippen LogP contribution in [0.4, 0.5) is 4.39 Å². The first kappa shape index (κ1) is 22.4. The number of hydrogen-bond donors (Lipinski definition) is 0. The zero-order chi connectivity index (χ0) is 23.1. The van der Waals surface area contributed by atoms with E-state index in [-0.39, 0.29) is 24.0 Å². The zero-order valence-electron chi connectivity index (χ0n) is 19.6. The maximum Gasteiger partial charge on any atom is 0.310 e. The van der Waals surface area contributed by atoms with Gasteiger partial charge >= 0.3 is 5.97 Å². The van der Waals surface area contributed by atoms with Crippen LogP contribution < -0.4 is 4.74 Å². The number of hydrogen-bond acceptors (Lipinski definition) is 3. The van der Waals surface area contributed by atoms with Crippen LogP contribution in [0.2, 0.25) is 0 Å². The number of rotatable bonds is 4. The van der Waals surface area contributed by atoms with Crippen molar-refractivity contribution in [2.75, 3.05) is 6.61 Å². The van der Waals surface area contributed by atoms with Crippen LogP contribution in [-0.4, -0.2) is 18.2 Å². The van der Waals surface area contributed by atoms with Crippen molar-refractivity contribution in [2.45, 2.75) is 77.2 Å². The molecule has 4 rings (SSSR count). The van der Waals surface area contributed by atoms with E-state index in [9.17, 15) is 9.18 Å². The summed E-state index contributed by atoms with van der Waals surface area (Å²) < 4.78 is 25.8. The molecule has 1 aliphatic carbocycles. The van der Waals surface area contributed by atoms with Gasteiger partial charge in [-0.3, -0.25) is 4.79 Å². The molecule has 0 saturated heterocycles. The number of benzene rings is 2. The smallest absolute Gasteiger partial charge is 0.310 e. The number of fused-ring (bicyclic) bond motifs is 1. The predicted molar refractivity (Wildman–Crippen MR) is 123 cm³/mol. The molecule has 1 fully saturated rings. The third kappa shape index (κ3) is 4.83. The number of esters is 1. The first-order valence-corrected chi connectivity index (χ1v) is 11.4. The Hall–Kier alpha value is -2.80. The Balaban J connectivity index is 1.65. The van der Waals surface area contributed by atoms with Crippen molar-refractivity contribution >= 4 is 5.97 Å². The molecule has 0 atom stereocenters. The van der Waals surface area contributed by atoms with Gasteiger partial charge in [0.1, 0.15) is 17.2 Å². The second kappa shape index (κ2) is 8.28. The molecule has 2 aliphatic rings. The van der Waals surface area contributed by atoms with Gasteiger partial charge in [-0.15, -0.1) is 0 Å². The molecular weight excluding hydrogens is 403 g/mol. The van der Waals surface area contributed by atoms with Crippen LogP contribution in [0.5, 0.6) is 5.75 Å². The summed E-state index contributed by atoms with van der Waals surface area (Å²) in [6, 6.07) is 9.02. The molecule has 168 valence electrons. The molecule has 1 saturated carbocycles. The molecule has 2 aromatic rings. The fourth-order valence-electron chi connectivity index (χ4n) is 4.79. The van der Waals surface area contributed by atoms with Gasteiger partial charge in [-0.05, 0) is 86.8 Å². The van der Waals surface area contributed by atoms with Gasteiger partial charge in [0.25, 0.3) is 0 Å². The van der Waals surface area contributed by atoms with Crippen molar-refractivity contribution in [2.24, 2.45) is 0 Å². The van der Waals surface area contributed by atoms with Gasteiger partial charge in [-0.25, -0.2) is 4.39 Å². The first-order chi connectivity index (χ1) is 15.1. The maximum atomic E-state index is 14.5. The second-order valence-corrected chi connectivity index (χ2v) is 10.2. The lowest BCUT2D eigenvalue weighted by atomic mass is 9.72. The Kier molecular flexibility index (Phi) is 5.79. The van der Waals surface area contributed by atoms with Gasteiger partial charge in [0.15, 0.2) is 0 Å². The van der Waals surface area contributed by atoms with Crippen molar-refractivity contribution in [3.63, 3.8) is 0 Å². The Morgan fingerprint density at radius 3 is 2.50 bits per heavy atom. The standard InChI is InChI=1S/C28H31FO3/c1-6-31-25(30)16-21-10-9-18(15-24(21)29)7-8-19-13-22(20-11-12-20)26-23(14-19)27(2,3)17-28(4,5)32-26/h9-10,13-15,20H,6,11-12,16-17H2,1-5H3. The molecule has 1 heterocycles. The summed E-state index contributed by atoms with van der Waals surface area (Å²) in [5.74, 6) is 7.04. The number of halogens is 1. The fraction of sp³-hybridized carbons (Fsp3) is 0.464. The maximum absolute atomic E-state index is 14.5. The predicted octanol–water partition coefficient (Wildman–Crippen LogP) is 6.05. The van der Waals surface area contributed by atoms with Crippen LogP contribution in [-0.2, 0) is 21.4 Å². The normalized spacial score (nSPS) is 18.1. The molecule has 0 aromatic heterocycles. The van der Waals surface area contributed by atoms with Crippen LogP contribution in [0.25, 0.3) is 0 Å². The van der Waals surface area contributed by atoms with Crippen molar-refractivity contribution in [1.29, 1.82) is 0 Å². The number of carbonyl (C=O) groups excluding carboxylic acids is 1. The molecular formula is C28H31FO3. The Labute approximate surface area is 190 Å². The summed E-state index contributed by atoms with van der Waals surface area (Å²) in [6.45, 7) is 10.9. The van der Waals surface area contributed by atoms with Crippen LogP contribution >= 0.6 is 0 Å². The van der Waals surface area contributed by atoms with E-state index in [1.165, 1.54) is 30.0 Å². The van der Waals surface area contributed by atoms with Gasteiger partial charge in [0.05, 0.1) is 13.0 Å². The highest BCUT2D eigenvalue weighted by molar-refractivity contribution is 5.72. The van der Waals surface area contributed by atoms with Gasteiger partial charge in [-0.1, -0.05) is 31.8 Å². The lowest BCUT2D eigenvalue weighted by molar-refractivity contribution is -0.142. The Morgan fingerprint density at radius 2 is 1.84 bits per heavy atom. The molecule has 32 heavy (non-hydrogen) atoms. The minimum absolute atomic E-state index is 0.0146. The van der Waals surface area contributed by atoms with E-state index in [0.29, 0.717) is 17.0 Å². The van der Waals surface area contributed by atoms with E-state index in [4.69, 9.17) is 9.47 Å². The van der Waals surface area contributed by atoms with Crippen LogP contribution in [0.3, 0.4) is 0 Å². The average Bonchev–Trinajstić information content (AvgIpc) is 3.52. The van der Waals surface area contributed by atoms with Crippen LogP contribution in [0.15, 0.2) is 30.3 Å². The van der Waals surface area contributed by atoms with E-state index in [1.807, 2.05) is 0 Å². The molecule has 0 bridgehead atoms. The summed E-state index contributed by atoms with van der Waals surface area (Å²) in [5, 5.41) is 0. The Morgan fingerprint density at radius 1 is 1.12 bits per heavy atom. The average molecular weight is 435 g/mol. The highest BCUT2D eigenvalue weighted by Gasteiger charge is 2.42. The van der Waals surface area contributed by atoms with Gasteiger partial charge in [0, 0.05) is 16.7 Å². The summed E-state index contributed by atoms with van der Waals surface area (Å²) in [4.78, 5) is 11.6. The third-order valence-electron chi connectivity index (χ3n) is 6.15. The monoisotopic (exact) mass is 434 g/mol. The van der Waals surface area contributed by atoms with Crippen LogP contribution in [0, 0.1) is 17.7 Å². The molecule has 2 aromatic carbocycles. The molecule has 0 N–H and O–H groups in total. The van der Waals surface area contributed by atoms with E-state index < -0.39 is 11.8 Å². The van der Waals surface area contributed by atoms with Crippen molar-refractivity contribution in [3.05, 3.63) is 64.0 Å². The van der Waals surface area contributed by atoms with E-state index >= 15 is 0 Å². The topological polar surface area (TPSA) is 35.5 Å². The van der Waals surface area contributed by atoms with Gasteiger partial charge in [-0.2, -0.15) is 0 Å². The lowest BCUT2D eigenvalue weighted by Crippen LogP contribution is -2.41. The van der Waals surface area contributed by atoms with E-state index in [2.05, 4.69) is 51.7 Å². The van der Waals surface area contributed by atoms with E-state index in [0.717, 1.165) is 17.7 Å². The van der Waals surface area contributed by atoms with Crippen LogP contribution in [0.1, 0.15) is 87.6 Å². The third-order valence-corrected chi connectivity index (χ3v) is 6.15. The largest absolute Gasteiger partial charge is 0.487 e. The lowest BCUT2D eigenvalue weighted by Gasteiger charge is -2.43. The summed E-state index contributed by atoms with van der Waals surface area (Å²) >= 11 is 0. The minimum Gasteiger partial charge on any atom is -0.487 e. The summed E-state index contributed by atoms with van der Waals surface area (Å²) in [7, 11) is 0.